The number of carboxylic acid groups (broad SMARTS) is 2. The fraction of sp³-hybridized carbons (Fsp3) is 0.500. The largest absolute Gasteiger partial charge is 0.504 e. The zero-order chi connectivity index (χ0) is 19.4. The van der Waals surface area contributed by atoms with Gasteiger partial charge >= 0.3 is 11.9 Å². The van der Waals surface area contributed by atoms with E-state index in [2.05, 4.69) is 5.32 Å². The number of hydrogen-bond donors (Lipinski definition) is 7. The second-order valence-electron chi connectivity index (χ2n) is 5.44. The molecule has 2 unspecified atom stereocenters. The Balaban J connectivity index is 0.000000504. The number of aliphatic carboxylic acids is 2. The van der Waals surface area contributed by atoms with Gasteiger partial charge in [0, 0.05) is 0 Å². The molecule has 0 aliphatic carbocycles. The van der Waals surface area contributed by atoms with E-state index >= 15 is 0 Å². The van der Waals surface area contributed by atoms with Crippen LogP contribution in [0.4, 0.5) is 0 Å². The van der Waals surface area contributed by atoms with Crippen LogP contribution in [0.5, 0.6) is 11.5 Å². The van der Waals surface area contributed by atoms with Crippen LogP contribution in [0.25, 0.3) is 0 Å². The van der Waals surface area contributed by atoms with Crippen molar-refractivity contribution < 1.29 is 30.0 Å². The number of carboxylic acids is 2. The van der Waals surface area contributed by atoms with Gasteiger partial charge < -0.3 is 37.2 Å². The Morgan fingerprint density at radius 3 is 2.20 bits per heavy atom. The fourth-order valence-electron chi connectivity index (χ4n) is 1.88. The van der Waals surface area contributed by atoms with Gasteiger partial charge in [-0.1, -0.05) is 12.5 Å². The maximum absolute atomic E-state index is 10.7. The van der Waals surface area contributed by atoms with E-state index in [0.717, 1.165) is 12.8 Å². The molecule has 0 saturated carbocycles. The quantitative estimate of drug-likeness (QED) is 0.233. The Morgan fingerprint density at radius 2 is 1.76 bits per heavy atom. The van der Waals surface area contributed by atoms with E-state index in [1.807, 2.05) is 0 Å². The van der Waals surface area contributed by atoms with Gasteiger partial charge in [-0.3, -0.25) is 9.59 Å². The summed E-state index contributed by atoms with van der Waals surface area (Å²) in [6.45, 7) is 0.604. The van der Waals surface area contributed by atoms with Crippen molar-refractivity contribution in [3.8, 4) is 11.5 Å². The Kier molecular flexibility index (Phi) is 10.9. The zero-order valence-corrected chi connectivity index (χ0v) is 14.2. The molecule has 1 rings (SSSR count). The molecule has 9 nitrogen and oxygen atoms in total. The summed E-state index contributed by atoms with van der Waals surface area (Å²) >= 11 is 0. The average molecular weight is 357 g/mol. The van der Waals surface area contributed by atoms with Crippen molar-refractivity contribution in [1.29, 1.82) is 0 Å². The minimum atomic E-state index is -0.954. The van der Waals surface area contributed by atoms with Gasteiger partial charge in [0.2, 0.25) is 0 Å². The SMILES string of the molecule is CNC(Cc1ccc(O)c(O)c1)C(=O)O.NCCCCC(N)C(=O)O. The molecule has 0 aliphatic heterocycles. The zero-order valence-electron chi connectivity index (χ0n) is 14.2. The number of phenols is 2. The number of aromatic hydroxyl groups is 2. The molecule has 0 spiro atoms. The molecular weight excluding hydrogens is 330 g/mol. The average Bonchev–Trinajstić information content (AvgIpc) is 2.56. The monoisotopic (exact) mass is 357 g/mol. The Bertz CT molecular complexity index is 553. The number of phenolic OH excluding ortho intramolecular Hbond substituents is 2. The summed E-state index contributed by atoms with van der Waals surface area (Å²) in [5.74, 6) is -2.34. The van der Waals surface area contributed by atoms with E-state index in [1.54, 1.807) is 13.1 Å². The molecule has 0 amide bonds. The molecule has 0 fully saturated rings. The lowest BCUT2D eigenvalue weighted by Gasteiger charge is -2.11. The first-order valence-corrected chi connectivity index (χ1v) is 7.82. The van der Waals surface area contributed by atoms with E-state index in [0.29, 0.717) is 18.5 Å². The van der Waals surface area contributed by atoms with Crippen molar-refractivity contribution in [2.75, 3.05) is 13.6 Å². The Labute approximate surface area is 146 Å². The van der Waals surface area contributed by atoms with E-state index in [-0.39, 0.29) is 17.9 Å². The highest BCUT2D eigenvalue weighted by atomic mass is 16.4. The van der Waals surface area contributed by atoms with Crippen LogP contribution < -0.4 is 16.8 Å². The molecule has 2 atom stereocenters. The number of hydrogen-bond acceptors (Lipinski definition) is 7. The van der Waals surface area contributed by atoms with Crippen molar-refractivity contribution >= 4 is 11.9 Å². The molecular formula is C16H27N3O6. The van der Waals surface area contributed by atoms with E-state index in [9.17, 15) is 14.7 Å². The molecule has 0 radical (unpaired) electrons. The number of carbonyl (C=O) groups is 2. The summed E-state index contributed by atoms with van der Waals surface area (Å²) in [6.07, 6.45) is 2.41. The van der Waals surface area contributed by atoms with Crippen molar-refractivity contribution in [2.24, 2.45) is 11.5 Å². The Morgan fingerprint density at radius 1 is 1.12 bits per heavy atom. The van der Waals surface area contributed by atoms with E-state index < -0.39 is 24.0 Å². The van der Waals surface area contributed by atoms with Crippen molar-refractivity contribution in [3.63, 3.8) is 0 Å². The molecule has 0 heterocycles. The lowest BCUT2D eigenvalue weighted by atomic mass is 10.1. The minimum Gasteiger partial charge on any atom is -0.504 e. The summed E-state index contributed by atoms with van der Waals surface area (Å²) in [5.41, 5.74) is 11.1. The maximum atomic E-state index is 10.7. The molecule has 0 aliphatic rings. The number of benzene rings is 1. The third-order valence-electron chi connectivity index (χ3n) is 3.41. The fourth-order valence-corrected chi connectivity index (χ4v) is 1.88. The summed E-state index contributed by atoms with van der Waals surface area (Å²) in [7, 11) is 1.55. The van der Waals surface area contributed by atoms with Crippen LogP contribution in [0.15, 0.2) is 18.2 Å². The normalized spacial score (nSPS) is 12.6. The van der Waals surface area contributed by atoms with Crippen LogP contribution in [0.1, 0.15) is 24.8 Å². The van der Waals surface area contributed by atoms with Gasteiger partial charge in [0.05, 0.1) is 0 Å². The van der Waals surface area contributed by atoms with Gasteiger partial charge in [0.15, 0.2) is 11.5 Å². The van der Waals surface area contributed by atoms with Crippen molar-refractivity contribution in [1.82, 2.24) is 5.32 Å². The lowest BCUT2D eigenvalue weighted by Crippen LogP contribution is -2.35. The maximum Gasteiger partial charge on any atom is 0.321 e. The molecule has 9 heteroatoms. The predicted molar refractivity (Wildman–Crippen MR) is 92.5 cm³/mol. The smallest absolute Gasteiger partial charge is 0.321 e. The van der Waals surface area contributed by atoms with Gasteiger partial charge in [0.1, 0.15) is 12.1 Å². The molecule has 0 aromatic heterocycles. The third kappa shape index (κ3) is 9.50. The molecule has 0 saturated heterocycles. The first-order chi connectivity index (χ1) is 11.7. The number of unbranched alkanes of at least 4 members (excludes halogenated alkanes) is 1. The summed E-state index contributed by atoms with van der Waals surface area (Å²) < 4.78 is 0. The second kappa shape index (κ2) is 12.1. The van der Waals surface area contributed by atoms with E-state index in [1.165, 1.54) is 12.1 Å². The first kappa shape index (κ1) is 22.6. The van der Waals surface area contributed by atoms with Crippen LogP contribution in [-0.2, 0) is 16.0 Å². The summed E-state index contributed by atoms with van der Waals surface area (Å²) in [4.78, 5) is 20.8. The summed E-state index contributed by atoms with van der Waals surface area (Å²) in [6, 6.07) is 2.84. The van der Waals surface area contributed by atoms with Gasteiger partial charge in [-0.15, -0.1) is 0 Å². The van der Waals surface area contributed by atoms with Crippen LogP contribution in [0.3, 0.4) is 0 Å². The topological polar surface area (TPSA) is 179 Å². The van der Waals surface area contributed by atoms with Gasteiger partial charge in [-0.25, -0.2) is 0 Å². The predicted octanol–water partition coefficient (Wildman–Crippen LogP) is -0.160. The van der Waals surface area contributed by atoms with Crippen LogP contribution in [-0.4, -0.2) is 58.0 Å². The minimum absolute atomic E-state index is 0.213. The number of nitrogens with one attached hydrogen (secondary N) is 1. The highest BCUT2D eigenvalue weighted by Crippen LogP contribution is 2.25. The van der Waals surface area contributed by atoms with Crippen molar-refractivity contribution in [2.45, 2.75) is 37.8 Å². The van der Waals surface area contributed by atoms with Gasteiger partial charge in [-0.2, -0.15) is 0 Å². The summed E-state index contributed by atoms with van der Waals surface area (Å²) in [5, 5.41) is 38.0. The van der Waals surface area contributed by atoms with Crippen molar-refractivity contribution in [3.05, 3.63) is 23.8 Å². The molecule has 9 N–H and O–H groups in total. The van der Waals surface area contributed by atoms with Gasteiger partial charge in [-0.05, 0) is 50.6 Å². The van der Waals surface area contributed by atoms with Crippen LogP contribution >= 0.6 is 0 Å². The molecule has 0 bridgehead atoms. The number of nitrogens with two attached hydrogens (primary N) is 2. The van der Waals surface area contributed by atoms with Crippen LogP contribution in [0.2, 0.25) is 0 Å². The molecule has 1 aromatic carbocycles. The standard InChI is InChI=1S/C10H13NO4.C6H14N2O2/c1-11-7(10(14)15)4-6-2-3-8(12)9(13)5-6;7-4-2-1-3-5(8)6(9)10/h2-3,5,7,11-13H,4H2,1H3,(H,14,15);5H,1-4,7-8H2,(H,9,10). The molecule has 142 valence electrons. The first-order valence-electron chi connectivity index (χ1n) is 7.82. The number of likely N-dealkylation sites (N-methyl/N-ethyl adjacent to an activating group) is 1. The molecule has 1 aromatic rings. The lowest BCUT2D eigenvalue weighted by molar-refractivity contribution is -0.140. The van der Waals surface area contributed by atoms with E-state index in [4.69, 9.17) is 26.8 Å². The molecule has 25 heavy (non-hydrogen) atoms. The van der Waals surface area contributed by atoms with Gasteiger partial charge in [0.25, 0.3) is 0 Å². The second-order valence-corrected chi connectivity index (χ2v) is 5.44. The van der Waals surface area contributed by atoms with Crippen LogP contribution in [0, 0.1) is 0 Å². The number of rotatable bonds is 9. The third-order valence-corrected chi connectivity index (χ3v) is 3.41. The highest BCUT2D eigenvalue weighted by molar-refractivity contribution is 5.74. The Hall–Kier alpha value is -2.36. The highest BCUT2D eigenvalue weighted by Gasteiger charge is 2.15.